The lowest BCUT2D eigenvalue weighted by molar-refractivity contribution is -0.141. The van der Waals surface area contributed by atoms with E-state index in [0.717, 1.165) is 22.8 Å². The third-order valence-corrected chi connectivity index (χ3v) is 6.18. The Bertz CT molecular complexity index is 1280. The molecule has 3 aromatic carbocycles. The Kier molecular flexibility index (Phi) is 10.1. The van der Waals surface area contributed by atoms with Gasteiger partial charge >= 0.3 is 6.09 Å². The minimum Gasteiger partial charge on any atom is -0.444 e. The van der Waals surface area contributed by atoms with E-state index in [9.17, 15) is 19.5 Å². The molecule has 8 nitrogen and oxygen atoms in total. The lowest BCUT2D eigenvalue weighted by atomic mass is 10.0. The number of anilines is 1. The number of hydrogen-bond donors (Lipinski definition) is 3. The van der Waals surface area contributed by atoms with Crippen LogP contribution in [-0.2, 0) is 14.3 Å². The molecule has 2 unspecified atom stereocenters. The molecule has 0 bridgehead atoms. The number of amides is 3. The Morgan fingerprint density at radius 2 is 1.64 bits per heavy atom. The molecule has 3 aromatic rings. The van der Waals surface area contributed by atoms with Crippen LogP contribution >= 0.6 is 0 Å². The minimum absolute atomic E-state index is 0.255. The lowest BCUT2D eigenvalue weighted by Gasteiger charge is -2.34. The van der Waals surface area contributed by atoms with Gasteiger partial charge in [-0.2, -0.15) is 0 Å². The number of aryl methyl sites for hydroxylation is 1. The standard InChI is InChI=1S/C31H39N3O5/c1-6-7-18-34(29(37)26(20-35)33-30(38)39-31(3,4)5)27(23-14-12-21(2)13-15-23)28(36)32-25-17-16-22-10-8-9-11-24(22)19-25/h8-17,19,26-27,35H,6-7,18,20H2,1-5H3,(H,32,36)(H,33,38). The summed E-state index contributed by atoms with van der Waals surface area (Å²) in [5.41, 5.74) is 1.46. The Balaban J connectivity index is 1.97. The summed E-state index contributed by atoms with van der Waals surface area (Å²) in [5, 5.41) is 17.5. The van der Waals surface area contributed by atoms with E-state index in [1.807, 2.05) is 80.6 Å². The summed E-state index contributed by atoms with van der Waals surface area (Å²) in [5.74, 6) is -0.969. The van der Waals surface area contributed by atoms with Crippen LogP contribution in [0.2, 0.25) is 0 Å². The maximum atomic E-state index is 13.9. The first-order valence-electron chi connectivity index (χ1n) is 13.3. The molecule has 0 aliphatic carbocycles. The first-order chi connectivity index (χ1) is 18.5. The molecule has 2 atom stereocenters. The highest BCUT2D eigenvalue weighted by Crippen LogP contribution is 2.27. The molecule has 0 aliphatic heterocycles. The molecule has 0 heterocycles. The number of carbonyl (C=O) groups excluding carboxylic acids is 3. The van der Waals surface area contributed by atoms with Crippen molar-refractivity contribution in [2.75, 3.05) is 18.5 Å². The second-order valence-electron chi connectivity index (χ2n) is 10.6. The van der Waals surface area contributed by atoms with Gasteiger partial charge in [-0.15, -0.1) is 0 Å². The fourth-order valence-electron chi connectivity index (χ4n) is 4.23. The molecule has 0 aliphatic rings. The molecule has 3 N–H and O–H groups in total. The van der Waals surface area contributed by atoms with Crippen LogP contribution in [0.5, 0.6) is 0 Å². The van der Waals surface area contributed by atoms with Crippen LogP contribution in [0.4, 0.5) is 10.5 Å². The molecule has 0 radical (unpaired) electrons. The molecule has 0 saturated heterocycles. The zero-order chi connectivity index (χ0) is 28.6. The van der Waals surface area contributed by atoms with Gasteiger partial charge in [0.25, 0.3) is 5.91 Å². The molecule has 3 rings (SSSR count). The highest BCUT2D eigenvalue weighted by molar-refractivity contribution is 6.00. The zero-order valence-corrected chi connectivity index (χ0v) is 23.4. The number of fused-ring (bicyclic) bond motifs is 1. The average Bonchev–Trinajstić information content (AvgIpc) is 2.89. The molecular weight excluding hydrogens is 494 g/mol. The van der Waals surface area contributed by atoms with Crippen molar-refractivity contribution in [1.82, 2.24) is 10.2 Å². The van der Waals surface area contributed by atoms with Gasteiger partial charge in [0.15, 0.2) is 0 Å². The second kappa shape index (κ2) is 13.2. The SMILES string of the molecule is CCCCN(C(=O)C(CO)NC(=O)OC(C)(C)C)C(C(=O)Nc1ccc2ccccc2c1)c1ccc(C)cc1. The summed E-state index contributed by atoms with van der Waals surface area (Å²) in [6.07, 6.45) is 0.583. The molecule has 3 amide bonds. The molecule has 0 saturated carbocycles. The predicted molar refractivity (Wildman–Crippen MR) is 153 cm³/mol. The summed E-state index contributed by atoms with van der Waals surface area (Å²) in [6.45, 7) is 8.67. The molecule has 8 heteroatoms. The van der Waals surface area contributed by atoms with Gasteiger partial charge < -0.3 is 25.4 Å². The first kappa shape index (κ1) is 29.6. The Hall–Kier alpha value is -3.91. The van der Waals surface area contributed by atoms with Crippen LogP contribution in [0.25, 0.3) is 10.8 Å². The largest absolute Gasteiger partial charge is 0.444 e. The highest BCUT2D eigenvalue weighted by atomic mass is 16.6. The van der Waals surface area contributed by atoms with E-state index < -0.39 is 42.2 Å². The van der Waals surface area contributed by atoms with Crippen molar-refractivity contribution in [3.8, 4) is 0 Å². The van der Waals surface area contributed by atoms with Gasteiger partial charge in [-0.1, -0.05) is 73.5 Å². The van der Waals surface area contributed by atoms with Crippen molar-refractivity contribution in [3.05, 3.63) is 77.9 Å². The van der Waals surface area contributed by atoms with E-state index in [2.05, 4.69) is 10.6 Å². The van der Waals surface area contributed by atoms with E-state index in [4.69, 9.17) is 4.74 Å². The highest BCUT2D eigenvalue weighted by Gasteiger charge is 2.36. The summed E-state index contributed by atoms with van der Waals surface area (Å²) < 4.78 is 5.29. The van der Waals surface area contributed by atoms with E-state index in [1.165, 1.54) is 4.90 Å². The lowest BCUT2D eigenvalue weighted by Crippen LogP contribution is -2.54. The number of benzene rings is 3. The number of rotatable bonds is 10. The molecule has 39 heavy (non-hydrogen) atoms. The summed E-state index contributed by atoms with van der Waals surface area (Å²) in [6, 6.07) is 18.6. The molecule has 208 valence electrons. The topological polar surface area (TPSA) is 108 Å². The number of nitrogens with one attached hydrogen (secondary N) is 2. The van der Waals surface area contributed by atoms with Crippen LogP contribution in [0.1, 0.15) is 57.7 Å². The van der Waals surface area contributed by atoms with Gasteiger partial charge in [0.2, 0.25) is 5.91 Å². The monoisotopic (exact) mass is 533 g/mol. The van der Waals surface area contributed by atoms with Crippen molar-refractivity contribution in [3.63, 3.8) is 0 Å². The van der Waals surface area contributed by atoms with Crippen molar-refractivity contribution < 1.29 is 24.2 Å². The van der Waals surface area contributed by atoms with Crippen LogP contribution < -0.4 is 10.6 Å². The number of aliphatic hydroxyl groups excluding tert-OH is 1. The van der Waals surface area contributed by atoms with Gasteiger partial charge in [-0.25, -0.2) is 4.79 Å². The fourth-order valence-corrected chi connectivity index (χ4v) is 4.23. The summed E-state index contributed by atoms with van der Waals surface area (Å²) in [7, 11) is 0. The minimum atomic E-state index is -1.28. The van der Waals surface area contributed by atoms with Crippen LogP contribution in [0, 0.1) is 6.92 Å². The number of carbonyl (C=O) groups is 3. The number of nitrogens with zero attached hydrogens (tertiary/aromatic N) is 1. The quantitative estimate of drug-likeness (QED) is 0.326. The van der Waals surface area contributed by atoms with Crippen molar-refractivity contribution in [2.45, 2.75) is 65.1 Å². The maximum Gasteiger partial charge on any atom is 0.408 e. The zero-order valence-electron chi connectivity index (χ0n) is 23.4. The summed E-state index contributed by atoms with van der Waals surface area (Å²) >= 11 is 0. The third-order valence-electron chi connectivity index (χ3n) is 6.18. The van der Waals surface area contributed by atoms with E-state index in [0.29, 0.717) is 17.7 Å². The van der Waals surface area contributed by atoms with Crippen molar-refractivity contribution >= 4 is 34.4 Å². The van der Waals surface area contributed by atoms with Gasteiger partial charge in [0.05, 0.1) is 6.61 Å². The number of aliphatic hydroxyl groups is 1. The van der Waals surface area contributed by atoms with E-state index >= 15 is 0 Å². The van der Waals surface area contributed by atoms with E-state index in [1.54, 1.807) is 20.8 Å². The fraction of sp³-hybridized carbons (Fsp3) is 0.387. The van der Waals surface area contributed by atoms with E-state index in [-0.39, 0.29) is 6.54 Å². The number of alkyl carbamates (subject to hydrolysis) is 1. The second-order valence-corrected chi connectivity index (χ2v) is 10.6. The van der Waals surface area contributed by atoms with Crippen LogP contribution in [0.15, 0.2) is 66.7 Å². The average molecular weight is 534 g/mol. The predicted octanol–water partition coefficient (Wildman–Crippen LogP) is 5.34. The normalized spacial score (nSPS) is 12.9. The summed E-state index contributed by atoms with van der Waals surface area (Å²) in [4.78, 5) is 41.6. The van der Waals surface area contributed by atoms with Crippen LogP contribution in [0.3, 0.4) is 0 Å². The molecular formula is C31H39N3O5. The van der Waals surface area contributed by atoms with Gasteiger partial charge in [0.1, 0.15) is 17.7 Å². The molecule has 0 spiro atoms. The maximum absolute atomic E-state index is 13.9. The Morgan fingerprint density at radius 1 is 0.974 bits per heavy atom. The van der Waals surface area contributed by atoms with Gasteiger partial charge in [0, 0.05) is 12.2 Å². The first-order valence-corrected chi connectivity index (χ1v) is 13.3. The van der Waals surface area contributed by atoms with Gasteiger partial charge in [-0.05, 0) is 62.6 Å². The van der Waals surface area contributed by atoms with Crippen molar-refractivity contribution in [2.24, 2.45) is 0 Å². The van der Waals surface area contributed by atoms with Crippen LogP contribution in [-0.4, -0.2) is 52.7 Å². The smallest absolute Gasteiger partial charge is 0.408 e. The molecule has 0 fully saturated rings. The Labute approximate surface area is 230 Å². The van der Waals surface area contributed by atoms with Gasteiger partial charge in [-0.3, -0.25) is 9.59 Å². The third kappa shape index (κ3) is 8.29. The number of unbranched alkanes of at least 4 members (excludes halogenated alkanes) is 1. The van der Waals surface area contributed by atoms with Crippen molar-refractivity contribution in [1.29, 1.82) is 0 Å². The number of hydrogen-bond acceptors (Lipinski definition) is 5. The Morgan fingerprint density at radius 3 is 2.26 bits per heavy atom. The number of ether oxygens (including phenoxy) is 1. The molecule has 0 aromatic heterocycles.